The molecule has 1 aliphatic heterocycles. The lowest BCUT2D eigenvalue weighted by Gasteiger charge is -2.23. The van der Waals surface area contributed by atoms with Crippen LogP contribution in [0, 0.1) is 6.92 Å². The summed E-state index contributed by atoms with van der Waals surface area (Å²) in [5, 5.41) is 6.54. The molecule has 1 heterocycles. The summed E-state index contributed by atoms with van der Waals surface area (Å²) >= 11 is 0. The molecule has 164 valence electrons. The van der Waals surface area contributed by atoms with E-state index in [0.717, 1.165) is 36.1 Å². The smallest absolute Gasteiger partial charge is 0.211 e. The maximum atomic E-state index is 11.9. The van der Waals surface area contributed by atoms with E-state index in [-0.39, 0.29) is 6.04 Å². The highest BCUT2D eigenvalue weighted by Gasteiger charge is 2.31. The second-order valence-electron chi connectivity index (χ2n) is 7.28. The zero-order valence-corrected chi connectivity index (χ0v) is 18.7. The molecular formula is C20H34N4O4S. The van der Waals surface area contributed by atoms with Crippen LogP contribution in [0.1, 0.15) is 30.4 Å². The lowest BCUT2D eigenvalue weighted by atomic mass is 10.1. The molecular weight excluding hydrogens is 392 g/mol. The van der Waals surface area contributed by atoms with E-state index in [1.165, 1.54) is 6.26 Å². The molecule has 0 aromatic heterocycles. The Kier molecular flexibility index (Phi) is 9.19. The molecule has 0 amide bonds. The van der Waals surface area contributed by atoms with Crippen LogP contribution in [0.3, 0.4) is 0 Å². The average Bonchev–Trinajstić information content (AvgIpc) is 3.16. The van der Waals surface area contributed by atoms with Crippen LogP contribution in [0.5, 0.6) is 5.75 Å². The van der Waals surface area contributed by atoms with E-state index < -0.39 is 10.0 Å². The number of ether oxygens (including phenoxy) is 2. The van der Waals surface area contributed by atoms with Gasteiger partial charge >= 0.3 is 0 Å². The highest BCUT2D eigenvalue weighted by atomic mass is 32.2. The largest absolute Gasteiger partial charge is 0.493 e. The standard InChI is InChI=1S/C20H34N4O4S/c1-16-8-9-17(19(13-16)28-12-6-11-27-3)14-22-20(21-2)23-15-18-7-5-10-24(18)29(4,25)26/h8-9,13,18H,5-7,10-12,14-15H2,1-4H3,(H2,21,22,23)/t18-/m1/s1. The first-order valence-electron chi connectivity index (χ1n) is 9.97. The molecule has 1 saturated heterocycles. The number of guanidine groups is 1. The van der Waals surface area contributed by atoms with E-state index in [1.807, 2.05) is 19.1 Å². The SMILES string of the molecule is CN=C(NCc1ccc(C)cc1OCCCOC)NC[C@H]1CCCN1S(C)(=O)=O. The highest BCUT2D eigenvalue weighted by molar-refractivity contribution is 7.88. The summed E-state index contributed by atoms with van der Waals surface area (Å²) in [6, 6.07) is 6.09. The fourth-order valence-electron chi connectivity index (χ4n) is 3.39. The molecule has 1 aromatic rings. The number of hydrogen-bond donors (Lipinski definition) is 2. The van der Waals surface area contributed by atoms with Crippen molar-refractivity contribution in [1.82, 2.24) is 14.9 Å². The number of rotatable bonds is 10. The first-order chi connectivity index (χ1) is 13.8. The van der Waals surface area contributed by atoms with Crippen molar-refractivity contribution in [2.45, 2.75) is 38.8 Å². The fraction of sp³-hybridized carbons (Fsp3) is 0.650. The van der Waals surface area contributed by atoms with Crippen molar-refractivity contribution >= 4 is 16.0 Å². The molecule has 1 aliphatic rings. The van der Waals surface area contributed by atoms with Gasteiger partial charge in [0.15, 0.2) is 5.96 Å². The first-order valence-corrected chi connectivity index (χ1v) is 11.8. The van der Waals surface area contributed by atoms with E-state index >= 15 is 0 Å². The number of hydrogen-bond acceptors (Lipinski definition) is 5. The lowest BCUT2D eigenvalue weighted by Crippen LogP contribution is -2.46. The highest BCUT2D eigenvalue weighted by Crippen LogP contribution is 2.21. The Labute approximate surface area is 174 Å². The number of nitrogens with one attached hydrogen (secondary N) is 2. The average molecular weight is 427 g/mol. The van der Waals surface area contributed by atoms with Crippen LogP contribution in [0.2, 0.25) is 0 Å². The predicted molar refractivity (Wildman–Crippen MR) is 116 cm³/mol. The molecule has 0 unspecified atom stereocenters. The van der Waals surface area contributed by atoms with Gasteiger partial charge in [-0.05, 0) is 31.4 Å². The van der Waals surface area contributed by atoms with Gasteiger partial charge in [-0.15, -0.1) is 0 Å². The monoisotopic (exact) mass is 426 g/mol. The quantitative estimate of drug-likeness (QED) is 0.335. The summed E-state index contributed by atoms with van der Waals surface area (Å²) in [5.74, 6) is 1.49. The van der Waals surface area contributed by atoms with Gasteiger partial charge < -0.3 is 20.1 Å². The van der Waals surface area contributed by atoms with E-state index in [2.05, 4.69) is 21.7 Å². The molecule has 0 radical (unpaired) electrons. The Morgan fingerprint density at radius 1 is 1.31 bits per heavy atom. The van der Waals surface area contributed by atoms with Crippen molar-refractivity contribution in [2.75, 3.05) is 46.7 Å². The Balaban J connectivity index is 1.90. The fourth-order valence-corrected chi connectivity index (χ4v) is 4.57. The summed E-state index contributed by atoms with van der Waals surface area (Å²) in [5.41, 5.74) is 2.18. The van der Waals surface area contributed by atoms with Crippen LogP contribution >= 0.6 is 0 Å². The third-order valence-corrected chi connectivity index (χ3v) is 6.23. The van der Waals surface area contributed by atoms with Crippen LogP contribution in [-0.4, -0.2) is 71.4 Å². The number of nitrogens with zero attached hydrogens (tertiary/aromatic N) is 2. The van der Waals surface area contributed by atoms with E-state index in [4.69, 9.17) is 9.47 Å². The lowest BCUT2D eigenvalue weighted by molar-refractivity contribution is 0.171. The molecule has 0 bridgehead atoms. The van der Waals surface area contributed by atoms with Gasteiger partial charge in [-0.3, -0.25) is 4.99 Å². The zero-order chi connectivity index (χ0) is 21.3. The van der Waals surface area contributed by atoms with E-state index in [1.54, 1.807) is 18.5 Å². The molecule has 0 spiro atoms. The van der Waals surface area contributed by atoms with Gasteiger partial charge in [-0.1, -0.05) is 12.1 Å². The number of methoxy groups -OCH3 is 1. The van der Waals surface area contributed by atoms with Crippen molar-refractivity contribution in [3.05, 3.63) is 29.3 Å². The predicted octanol–water partition coefficient (Wildman–Crippen LogP) is 1.50. The van der Waals surface area contributed by atoms with Crippen LogP contribution in [0.4, 0.5) is 0 Å². The molecule has 2 N–H and O–H groups in total. The van der Waals surface area contributed by atoms with E-state index in [0.29, 0.717) is 38.8 Å². The molecule has 9 heteroatoms. The third-order valence-electron chi connectivity index (χ3n) is 4.90. The summed E-state index contributed by atoms with van der Waals surface area (Å²) in [7, 11) is 0.209. The topological polar surface area (TPSA) is 92.3 Å². The maximum absolute atomic E-state index is 11.9. The first kappa shape index (κ1) is 23.4. The summed E-state index contributed by atoms with van der Waals surface area (Å²) < 4.78 is 36.3. The third kappa shape index (κ3) is 7.49. The van der Waals surface area contributed by atoms with Gasteiger partial charge in [-0.25, -0.2) is 8.42 Å². The molecule has 1 atom stereocenters. The molecule has 29 heavy (non-hydrogen) atoms. The molecule has 0 saturated carbocycles. The molecule has 0 aliphatic carbocycles. The zero-order valence-electron chi connectivity index (χ0n) is 17.9. The summed E-state index contributed by atoms with van der Waals surface area (Å²) in [4.78, 5) is 4.25. The van der Waals surface area contributed by atoms with Crippen LogP contribution in [0.15, 0.2) is 23.2 Å². The van der Waals surface area contributed by atoms with Gasteiger partial charge in [0.1, 0.15) is 5.75 Å². The van der Waals surface area contributed by atoms with Crippen molar-refractivity contribution in [1.29, 1.82) is 0 Å². The van der Waals surface area contributed by atoms with Crippen LogP contribution < -0.4 is 15.4 Å². The van der Waals surface area contributed by atoms with E-state index in [9.17, 15) is 8.42 Å². The van der Waals surface area contributed by atoms with Crippen molar-refractivity contribution < 1.29 is 17.9 Å². The number of benzene rings is 1. The normalized spacial score (nSPS) is 18.1. The Bertz CT molecular complexity index is 783. The van der Waals surface area contributed by atoms with Crippen LogP contribution in [-0.2, 0) is 21.3 Å². The number of aliphatic imine (C=N–C) groups is 1. The molecule has 2 rings (SSSR count). The minimum atomic E-state index is -3.18. The minimum Gasteiger partial charge on any atom is -0.493 e. The van der Waals surface area contributed by atoms with Gasteiger partial charge in [0, 0.05) is 58.4 Å². The Hall–Kier alpha value is -1.84. The van der Waals surface area contributed by atoms with Crippen molar-refractivity contribution in [3.63, 3.8) is 0 Å². The Morgan fingerprint density at radius 3 is 2.79 bits per heavy atom. The van der Waals surface area contributed by atoms with Gasteiger partial charge in [0.25, 0.3) is 0 Å². The van der Waals surface area contributed by atoms with Crippen molar-refractivity contribution in [2.24, 2.45) is 4.99 Å². The Morgan fingerprint density at radius 2 is 2.10 bits per heavy atom. The summed E-state index contributed by atoms with van der Waals surface area (Å²) in [6.45, 7) is 4.97. The summed E-state index contributed by atoms with van der Waals surface area (Å²) in [6.07, 6.45) is 3.84. The minimum absolute atomic E-state index is 0.0393. The van der Waals surface area contributed by atoms with Gasteiger partial charge in [0.2, 0.25) is 10.0 Å². The molecule has 1 aromatic carbocycles. The van der Waals surface area contributed by atoms with Crippen molar-refractivity contribution in [3.8, 4) is 5.75 Å². The second-order valence-corrected chi connectivity index (χ2v) is 9.22. The van der Waals surface area contributed by atoms with Gasteiger partial charge in [-0.2, -0.15) is 4.31 Å². The maximum Gasteiger partial charge on any atom is 0.211 e. The molecule has 8 nitrogen and oxygen atoms in total. The number of aryl methyl sites for hydroxylation is 1. The number of sulfonamides is 1. The van der Waals surface area contributed by atoms with Gasteiger partial charge in [0.05, 0.1) is 12.9 Å². The second kappa shape index (κ2) is 11.4. The molecule has 1 fully saturated rings. The van der Waals surface area contributed by atoms with Crippen LogP contribution in [0.25, 0.3) is 0 Å².